The Labute approximate surface area is 182 Å². The maximum absolute atomic E-state index is 12.5. The molecule has 9 nitrogen and oxygen atoms in total. The van der Waals surface area contributed by atoms with Gasteiger partial charge in [0, 0.05) is 39.2 Å². The van der Waals surface area contributed by atoms with E-state index in [9.17, 15) is 9.59 Å². The predicted molar refractivity (Wildman–Crippen MR) is 118 cm³/mol. The number of benzene rings is 1. The molecule has 1 fully saturated rings. The van der Waals surface area contributed by atoms with Crippen LogP contribution in [0, 0.1) is 0 Å². The molecule has 2 amide bonds. The molecule has 3 rings (SSSR count). The van der Waals surface area contributed by atoms with Gasteiger partial charge in [0.1, 0.15) is 11.6 Å². The summed E-state index contributed by atoms with van der Waals surface area (Å²) in [5, 5.41) is 7.58. The minimum absolute atomic E-state index is 0.0366. The second-order valence-corrected chi connectivity index (χ2v) is 7.69. The van der Waals surface area contributed by atoms with E-state index in [0.717, 1.165) is 36.4 Å². The molecule has 0 bridgehead atoms. The van der Waals surface area contributed by atoms with Crippen LogP contribution in [-0.2, 0) is 24.2 Å². The third-order valence-corrected chi connectivity index (χ3v) is 5.77. The quantitative estimate of drug-likeness (QED) is 0.654. The van der Waals surface area contributed by atoms with Crippen molar-refractivity contribution in [1.82, 2.24) is 24.6 Å². The highest BCUT2D eigenvalue weighted by Crippen LogP contribution is 2.26. The summed E-state index contributed by atoms with van der Waals surface area (Å²) < 4.78 is 13.5. The average molecular weight is 432 g/mol. The predicted octanol–water partition coefficient (Wildman–Crippen LogP) is 1.85. The second kappa shape index (κ2) is 11.0. The summed E-state index contributed by atoms with van der Waals surface area (Å²) in [5.41, 5.74) is 1.06. The fraction of sp³-hybridized carbons (Fsp3) is 0.591. The van der Waals surface area contributed by atoms with Gasteiger partial charge in [0.05, 0.1) is 20.3 Å². The van der Waals surface area contributed by atoms with Gasteiger partial charge in [-0.25, -0.2) is 14.3 Å². The Morgan fingerprint density at radius 1 is 1.19 bits per heavy atom. The van der Waals surface area contributed by atoms with Gasteiger partial charge in [-0.2, -0.15) is 5.10 Å². The molecule has 31 heavy (non-hydrogen) atoms. The van der Waals surface area contributed by atoms with Crippen LogP contribution in [0.4, 0.5) is 4.79 Å². The number of carbonyl (C=O) groups excluding carboxylic acids is 1. The zero-order chi connectivity index (χ0) is 22.2. The molecule has 1 aliphatic rings. The van der Waals surface area contributed by atoms with Crippen LogP contribution in [0.2, 0.25) is 0 Å². The van der Waals surface area contributed by atoms with Gasteiger partial charge in [-0.15, -0.1) is 0 Å². The highest BCUT2D eigenvalue weighted by Gasteiger charge is 2.28. The van der Waals surface area contributed by atoms with E-state index in [0.29, 0.717) is 39.3 Å². The van der Waals surface area contributed by atoms with Crippen LogP contribution in [0.3, 0.4) is 0 Å². The summed E-state index contributed by atoms with van der Waals surface area (Å²) in [5.74, 6) is 1.83. The molecule has 1 aromatic carbocycles. The minimum atomic E-state index is -0.0896. The molecule has 0 spiro atoms. The summed E-state index contributed by atoms with van der Waals surface area (Å²) in [6.07, 6.45) is 2.37. The molecule has 0 radical (unpaired) electrons. The number of nitrogens with one attached hydrogen (secondary N) is 1. The van der Waals surface area contributed by atoms with Crippen molar-refractivity contribution in [2.45, 2.75) is 45.2 Å². The van der Waals surface area contributed by atoms with E-state index in [-0.39, 0.29) is 17.6 Å². The highest BCUT2D eigenvalue weighted by atomic mass is 16.5. The summed E-state index contributed by atoms with van der Waals surface area (Å²) in [6, 6.07) is 7.83. The van der Waals surface area contributed by atoms with Crippen molar-refractivity contribution in [3.05, 3.63) is 46.1 Å². The van der Waals surface area contributed by atoms with E-state index in [4.69, 9.17) is 9.47 Å². The lowest BCUT2D eigenvalue weighted by atomic mass is 9.96. The second-order valence-electron chi connectivity index (χ2n) is 7.69. The lowest BCUT2D eigenvalue weighted by molar-refractivity contribution is 0.178. The van der Waals surface area contributed by atoms with Gasteiger partial charge < -0.3 is 19.7 Å². The summed E-state index contributed by atoms with van der Waals surface area (Å²) in [7, 11) is 3.26. The van der Waals surface area contributed by atoms with Crippen molar-refractivity contribution in [2.75, 3.05) is 40.5 Å². The standard InChI is InChI=1S/C22H33N5O4/c1-4-26-20(24-27(22(26)29)15-16-30-2)18-10-13-25(14-11-18)21(28)23-12-9-17-5-7-19(31-3)8-6-17/h5-8,18H,4,9-16H2,1-3H3,(H,23,28). The van der Waals surface area contributed by atoms with Crippen LogP contribution in [0.1, 0.15) is 37.1 Å². The smallest absolute Gasteiger partial charge is 0.345 e. The van der Waals surface area contributed by atoms with E-state index >= 15 is 0 Å². The van der Waals surface area contributed by atoms with Crippen molar-refractivity contribution in [3.63, 3.8) is 0 Å². The highest BCUT2D eigenvalue weighted by molar-refractivity contribution is 5.74. The van der Waals surface area contributed by atoms with Gasteiger partial charge in [0.25, 0.3) is 0 Å². The number of amides is 2. The number of rotatable bonds is 9. The molecular formula is C22H33N5O4. The molecule has 0 aliphatic carbocycles. The number of ether oxygens (including phenoxy) is 2. The van der Waals surface area contributed by atoms with E-state index in [1.54, 1.807) is 18.8 Å². The monoisotopic (exact) mass is 431 g/mol. The molecule has 1 N–H and O–H groups in total. The van der Waals surface area contributed by atoms with Crippen LogP contribution in [-0.4, -0.2) is 65.7 Å². The largest absolute Gasteiger partial charge is 0.497 e. The first-order chi connectivity index (χ1) is 15.1. The van der Waals surface area contributed by atoms with E-state index < -0.39 is 0 Å². The number of carbonyl (C=O) groups is 1. The maximum atomic E-state index is 12.5. The number of methoxy groups -OCH3 is 2. The SMILES string of the molecule is CCn1c(C2CCN(C(=O)NCCc3ccc(OC)cc3)CC2)nn(CCOC)c1=O. The number of nitrogens with zero attached hydrogens (tertiary/aromatic N) is 4. The molecule has 1 aliphatic heterocycles. The van der Waals surface area contributed by atoms with Crippen molar-refractivity contribution in [2.24, 2.45) is 0 Å². The van der Waals surface area contributed by atoms with Gasteiger partial charge in [-0.1, -0.05) is 12.1 Å². The summed E-state index contributed by atoms with van der Waals surface area (Å²) in [6.45, 7) is 5.35. The molecule has 1 saturated heterocycles. The Morgan fingerprint density at radius 2 is 1.90 bits per heavy atom. The molecule has 9 heteroatoms. The molecule has 2 aromatic rings. The molecule has 170 valence electrons. The van der Waals surface area contributed by atoms with Crippen LogP contribution in [0.15, 0.2) is 29.1 Å². The number of hydrogen-bond acceptors (Lipinski definition) is 5. The summed E-state index contributed by atoms with van der Waals surface area (Å²) in [4.78, 5) is 26.9. The first-order valence-electron chi connectivity index (χ1n) is 10.9. The third kappa shape index (κ3) is 5.66. The Hall–Kier alpha value is -2.81. The van der Waals surface area contributed by atoms with E-state index in [1.807, 2.05) is 36.1 Å². The number of hydrogen-bond donors (Lipinski definition) is 1. The Kier molecular flexibility index (Phi) is 8.11. The third-order valence-electron chi connectivity index (χ3n) is 5.77. The average Bonchev–Trinajstić information content (AvgIpc) is 3.13. The summed E-state index contributed by atoms with van der Waals surface area (Å²) >= 11 is 0. The number of urea groups is 1. The topological polar surface area (TPSA) is 90.6 Å². The number of piperidine rings is 1. The van der Waals surface area contributed by atoms with Crippen LogP contribution in [0.25, 0.3) is 0 Å². The van der Waals surface area contributed by atoms with E-state index in [2.05, 4.69) is 10.4 Å². The minimum Gasteiger partial charge on any atom is -0.497 e. The maximum Gasteiger partial charge on any atom is 0.345 e. The molecule has 0 atom stereocenters. The van der Waals surface area contributed by atoms with Gasteiger partial charge in [0.15, 0.2) is 0 Å². The van der Waals surface area contributed by atoms with Gasteiger partial charge >= 0.3 is 11.7 Å². The fourth-order valence-electron chi connectivity index (χ4n) is 3.94. The van der Waals surface area contributed by atoms with Crippen molar-refractivity contribution in [1.29, 1.82) is 0 Å². The first-order valence-corrected chi connectivity index (χ1v) is 10.9. The number of likely N-dealkylation sites (tertiary alicyclic amines) is 1. The molecule has 2 heterocycles. The lowest BCUT2D eigenvalue weighted by Crippen LogP contribution is -2.45. The van der Waals surface area contributed by atoms with Crippen LogP contribution in [0.5, 0.6) is 5.75 Å². The molecule has 0 unspecified atom stereocenters. The van der Waals surface area contributed by atoms with Crippen LogP contribution >= 0.6 is 0 Å². The van der Waals surface area contributed by atoms with Gasteiger partial charge in [0.2, 0.25) is 0 Å². The molecule has 0 saturated carbocycles. The van der Waals surface area contributed by atoms with Crippen molar-refractivity contribution < 1.29 is 14.3 Å². The first kappa shape index (κ1) is 22.9. The lowest BCUT2D eigenvalue weighted by Gasteiger charge is -2.31. The Morgan fingerprint density at radius 3 is 2.52 bits per heavy atom. The van der Waals surface area contributed by atoms with Gasteiger partial charge in [-0.05, 0) is 43.9 Å². The molecular weight excluding hydrogens is 398 g/mol. The van der Waals surface area contributed by atoms with Crippen LogP contribution < -0.4 is 15.7 Å². The Balaban J connectivity index is 1.49. The van der Waals surface area contributed by atoms with Gasteiger partial charge in [-0.3, -0.25) is 4.57 Å². The zero-order valence-electron chi connectivity index (χ0n) is 18.7. The number of aromatic nitrogens is 3. The zero-order valence-corrected chi connectivity index (χ0v) is 18.7. The Bertz CT molecular complexity index is 898. The van der Waals surface area contributed by atoms with E-state index in [1.165, 1.54) is 4.68 Å². The van der Waals surface area contributed by atoms with Crippen molar-refractivity contribution in [3.8, 4) is 5.75 Å². The molecule has 1 aromatic heterocycles. The normalized spacial score (nSPS) is 14.6. The fourth-order valence-corrected chi connectivity index (χ4v) is 3.94. The van der Waals surface area contributed by atoms with Crippen molar-refractivity contribution >= 4 is 6.03 Å².